The van der Waals surface area contributed by atoms with Crippen molar-refractivity contribution in [2.75, 3.05) is 0 Å². The molecular weight excluding hydrogens is 394 g/mol. The van der Waals surface area contributed by atoms with Crippen LogP contribution in [-0.2, 0) is 35.1 Å². The van der Waals surface area contributed by atoms with Gasteiger partial charge in [-0.2, -0.15) is 0 Å². The Morgan fingerprint density at radius 1 is 0.933 bits per heavy atom. The first-order valence-corrected chi connectivity index (χ1v) is 9.68. The van der Waals surface area contributed by atoms with Gasteiger partial charge in [-0.25, -0.2) is 0 Å². The van der Waals surface area contributed by atoms with Gasteiger partial charge >= 0.3 is 23.9 Å². The van der Waals surface area contributed by atoms with Crippen molar-refractivity contribution >= 4 is 23.9 Å². The molecule has 1 aromatic carbocycles. The van der Waals surface area contributed by atoms with E-state index in [1.807, 2.05) is 6.92 Å². The van der Waals surface area contributed by atoms with Gasteiger partial charge in [-0.3, -0.25) is 19.2 Å². The van der Waals surface area contributed by atoms with Crippen molar-refractivity contribution < 1.29 is 38.1 Å². The molecule has 0 amide bonds. The Hall–Kier alpha value is -2.94. The molecule has 0 aliphatic rings. The van der Waals surface area contributed by atoms with E-state index in [1.165, 1.54) is 26.0 Å². The lowest BCUT2D eigenvalue weighted by molar-refractivity contribution is -0.166. The first-order chi connectivity index (χ1) is 14.0. The van der Waals surface area contributed by atoms with Gasteiger partial charge in [0.25, 0.3) is 0 Å². The Kier molecular flexibility index (Phi) is 9.97. The van der Waals surface area contributed by atoms with Gasteiger partial charge in [0, 0.05) is 20.3 Å². The highest BCUT2D eigenvalue weighted by Gasteiger charge is 2.24. The molecule has 0 saturated heterocycles. The number of nitrogens with two attached hydrogens (primary N) is 1. The van der Waals surface area contributed by atoms with Crippen LogP contribution in [-0.4, -0.2) is 42.1 Å². The van der Waals surface area contributed by atoms with Crippen molar-refractivity contribution in [3.05, 3.63) is 23.8 Å². The van der Waals surface area contributed by atoms with Crippen LogP contribution in [0.5, 0.6) is 11.5 Å². The number of ether oxygens (including phenoxy) is 4. The van der Waals surface area contributed by atoms with Gasteiger partial charge in [0.05, 0.1) is 0 Å². The average Bonchev–Trinajstić information content (AvgIpc) is 2.62. The van der Waals surface area contributed by atoms with E-state index in [1.54, 1.807) is 19.9 Å². The number of rotatable bonds is 10. The summed E-state index contributed by atoms with van der Waals surface area (Å²) < 4.78 is 20.6. The summed E-state index contributed by atoms with van der Waals surface area (Å²) in [4.78, 5) is 46.4. The van der Waals surface area contributed by atoms with Crippen molar-refractivity contribution in [1.82, 2.24) is 0 Å². The number of esters is 4. The molecule has 30 heavy (non-hydrogen) atoms. The minimum Gasteiger partial charge on any atom is -0.459 e. The van der Waals surface area contributed by atoms with Crippen LogP contribution in [0.2, 0.25) is 0 Å². The third kappa shape index (κ3) is 8.60. The highest BCUT2D eigenvalue weighted by atomic mass is 16.6. The SMILES string of the molecule is CCCC(=O)OC(C)[C@H](C)OC(=O)[C@@H](N)Cc1ccc(OC(C)=O)c(OC(C)=O)c1. The highest BCUT2D eigenvalue weighted by Crippen LogP contribution is 2.29. The molecule has 2 N–H and O–H groups in total. The normalized spacial score (nSPS) is 13.5. The second-order valence-corrected chi connectivity index (χ2v) is 6.87. The predicted octanol–water partition coefficient (Wildman–Crippen LogP) is 2.07. The lowest BCUT2D eigenvalue weighted by Gasteiger charge is -2.22. The molecule has 1 unspecified atom stereocenters. The Bertz CT molecular complexity index is 776. The summed E-state index contributed by atoms with van der Waals surface area (Å²) in [5.74, 6) is -2.07. The second kappa shape index (κ2) is 11.9. The Morgan fingerprint density at radius 3 is 2.07 bits per heavy atom. The smallest absolute Gasteiger partial charge is 0.323 e. The van der Waals surface area contributed by atoms with Crippen LogP contribution in [0.4, 0.5) is 0 Å². The van der Waals surface area contributed by atoms with Gasteiger partial charge in [-0.15, -0.1) is 0 Å². The molecule has 0 bridgehead atoms. The van der Waals surface area contributed by atoms with Crippen LogP contribution in [0.15, 0.2) is 18.2 Å². The van der Waals surface area contributed by atoms with E-state index in [9.17, 15) is 19.2 Å². The predicted molar refractivity (Wildman–Crippen MR) is 107 cm³/mol. The zero-order valence-electron chi connectivity index (χ0n) is 17.9. The molecule has 0 radical (unpaired) electrons. The summed E-state index contributed by atoms with van der Waals surface area (Å²) >= 11 is 0. The number of carbonyl (C=O) groups is 4. The monoisotopic (exact) mass is 423 g/mol. The average molecular weight is 423 g/mol. The first kappa shape index (κ1) is 25.1. The topological polar surface area (TPSA) is 131 Å². The Morgan fingerprint density at radius 2 is 1.50 bits per heavy atom. The van der Waals surface area contributed by atoms with E-state index in [-0.39, 0.29) is 23.9 Å². The van der Waals surface area contributed by atoms with Gasteiger partial charge in [0.2, 0.25) is 0 Å². The molecule has 9 nitrogen and oxygen atoms in total. The summed E-state index contributed by atoms with van der Waals surface area (Å²) in [6.45, 7) is 7.54. The molecule has 166 valence electrons. The molecule has 1 aromatic rings. The summed E-state index contributed by atoms with van der Waals surface area (Å²) in [7, 11) is 0. The molecule has 0 spiro atoms. The van der Waals surface area contributed by atoms with Gasteiger partial charge in [0.15, 0.2) is 11.5 Å². The standard InChI is InChI=1S/C21H29NO8/c1-6-7-20(25)27-12(2)13(3)28-21(26)17(22)10-16-8-9-18(29-14(4)23)19(11-16)30-15(5)24/h8-9,11-13,17H,6-7,10,22H2,1-5H3/t12?,13-,17-/m0/s1. The number of hydrogen-bond acceptors (Lipinski definition) is 9. The molecule has 3 atom stereocenters. The maximum Gasteiger partial charge on any atom is 0.323 e. The molecule has 0 aromatic heterocycles. The molecular formula is C21H29NO8. The lowest BCUT2D eigenvalue weighted by atomic mass is 10.1. The van der Waals surface area contributed by atoms with E-state index < -0.39 is 36.2 Å². The van der Waals surface area contributed by atoms with Crippen LogP contribution < -0.4 is 15.2 Å². The molecule has 0 heterocycles. The largest absolute Gasteiger partial charge is 0.459 e. The van der Waals surface area contributed by atoms with Crippen LogP contribution in [0.25, 0.3) is 0 Å². The maximum absolute atomic E-state index is 12.3. The van der Waals surface area contributed by atoms with Crippen LogP contribution in [0, 0.1) is 0 Å². The van der Waals surface area contributed by atoms with E-state index in [4.69, 9.17) is 24.7 Å². The van der Waals surface area contributed by atoms with Crippen molar-refractivity contribution in [3.8, 4) is 11.5 Å². The first-order valence-electron chi connectivity index (χ1n) is 9.68. The fraction of sp³-hybridized carbons (Fsp3) is 0.524. The zero-order valence-corrected chi connectivity index (χ0v) is 17.9. The number of carbonyl (C=O) groups excluding carboxylic acids is 4. The van der Waals surface area contributed by atoms with Crippen molar-refractivity contribution in [2.24, 2.45) is 5.73 Å². The Balaban J connectivity index is 2.77. The van der Waals surface area contributed by atoms with Crippen molar-refractivity contribution in [3.63, 3.8) is 0 Å². The summed E-state index contributed by atoms with van der Waals surface area (Å²) in [6.07, 6.45) is -0.245. The van der Waals surface area contributed by atoms with E-state index >= 15 is 0 Å². The zero-order chi connectivity index (χ0) is 22.8. The number of hydrogen-bond donors (Lipinski definition) is 1. The van der Waals surface area contributed by atoms with Crippen LogP contribution in [0.3, 0.4) is 0 Å². The molecule has 0 fully saturated rings. The quantitative estimate of drug-likeness (QED) is 0.444. The summed E-state index contributed by atoms with van der Waals surface area (Å²) in [5.41, 5.74) is 6.51. The number of benzene rings is 1. The third-order valence-electron chi connectivity index (χ3n) is 4.01. The summed E-state index contributed by atoms with van der Waals surface area (Å²) in [6, 6.07) is 3.50. The molecule has 0 aliphatic carbocycles. The molecule has 0 aliphatic heterocycles. The highest BCUT2D eigenvalue weighted by molar-refractivity contribution is 5.77. The van der Waals surface area contributed by atoms with Crippen molar-refractivity contribution in [1.29, 1.82) is 0 Å². The van der Waals surface area contributed by atoms with Gasteiger partial charge in [-0.1, -0.05) is 13.0 Å². The van der Waals surface area contributed by atoms with Gasteiger partial charge < -0.3 is 24.7 Å². The molecule has 9 heteroatoms. The fourth-order valence-electron chi connectivity index (χ4n) is 2.42. The maximum atomic E-state index is 12.3. The molecule has 0 saturated carbocycles. The fourth-order valence-corrected chi connectivity index (χ4v) is 2.42. The summed E-state index contributed by atoms with van der Waals surface area (Å²) in [5, 5.41) is 0. The Labute approximate surface area is 175 Å². The van der Waals surface area contributed by atoms with Crippen LogP contribution in [0.1, 0.15) is 53.0 Å². The van der Waals surface area contributed by atoms with E-state index in [0.717, 1.165) is 0 Å². The lowest BCUT2D eigenvalue weighted by Crippen LogP contribution is -2.39. The van der Waals surface area contributed by atoms with Gasteiger partial charge in [-0.05, 0) is 44.4 Å². The van der Waals surface area contributed by atoms with Crippen LogP contribution >= 0.6 is 0 Å². The third-order valence-corrected chi connectivity index (χ3v) is 4.01. The van der Waals surface area contributed by atoms with Crippen molar-refractivity contribution in [2.45, 2.75) is 72.1 Å². The minimum absolute atomic E-state index is 0.0422. The minimum atomic E-state index is -1.00. The van der Waals surface area contributed by atoms with E-state index in [0.29, 0.717) is 18.4 Å². The van der Waals surface area contributed by atoms with Gasteiger partial charge in [0.1, 0.15) is 18.2 Å². The van der Waals surface area contributed by atoms with E-state index in [2.05, 4.69) is 0 Å². The second-order valence-electron chi connectivity index (χ2n) is 6.87. The molecule has 1 rings (SSSR count).